The van der Waals surface area contributed by atoms with E-state index in [1.807, 2.05) is 14.7 Å². The summed E-state index contributed by atoms with van der Waals surface area (Å²) in [5, 5.41) is 0. The second-order valence-electron chi connectivity index (χ2n) is 8.58. The zero-order valence-electron chi connectivity index (χ0n) is 16.2. The van der Waals surface area contributed by atoms with Gasteiger partial charge in [-0.3, -0.25) is 14.4 Å². The molecule has 0 saturated carbocycles. The highest BCUT2D eigenvalue weighted by Crippen LogP contribution is 2.22. The predicted molar refractivity (Wildman–Crippen MR) is 96.8 cm³/mol. The van der Waals surface area contributed by atoms with Gasteiger partial charge >= 0.3 is 0 Å². The Kier molecular flexibility index (Phi) is 6.47. The molecule has 6 heteroatoms. The number of piperidine rings is 1. The molecule has 2 aliphatic heterocycles. The molecule has 142 valence electrons. The lowest BCUT2D eigenvalue weighted by Gasteiger charge is -2.33. The minimum absolute atomic E-state index is 0.0103. The van der Waals surface area contributed by atoms with Crippen LogP contribution in [0.2, 0.25) is 0 Å². The largest absolute Gasteiger partial charge is 0.343 e. The first-order valence-electron chi connectivity index (χ1n) is 9.49. The fourth-order valence-electron chi connectivity index (χ4n) is 3.65. The van der Waals surface area contributed by atoms with Gasteiger partial charge in [0.1, 0.15) is 0 Å². The summed E-state index contributed by atoms with van der Waals surface area (Å²) in [6.45, 7) is 11.9. The summed E-state index contributed by atoms with van der Waals surface area (Å²) in [5.41, 5.74) is -0.0103. The number of hydrogen-bond acceptors (Lipinski definition) is 3. The van der Waals surface area contributed by atoms with Crippen LogP contribution in [0.1, 0.15) is 53.4 Å². The molecule has 2 aliphatic rings. The Morgan fingerprint density at radius 3 is 1.96 bits per heavy atom. The van der Waals surface area contributed by atoms with Gasteiger partial charge in [0.2, 0.25) is 17.7 Å². The van der Waals surface area contributed by atoms with Gasteiger partial charge in [0.25, 0.3) is 0 Å². The van der Waals surface area contributed by atoms with Crippen LogP contribution in [-0.2, 0) is 14.4 Å². The average Bonchev–Trinajstić information content (AvgIpc) is 2.78. The van der Waals surface area contributed by atoms with Gasteiger partial charge in [0.15, 0.2) is 0 Å². The second-order valence-corrected chi connectivity index (χ2v) is 8.58. The van der Waals surface area contributed by atoms with E-state index < -0.39 is 0 Å². The summed E-state index contributed by atoms with van der Waals surface area (Å²) in [7, 11) is 0. The van der Waals surface area contributed by atoms with Crippen LogP contribution in [0.5, 0.6) is 0 Å². The molecule has 25 heavy (non-hydrogen) atoms. The third kappa shape index (κ3) is 5.72. The summed E-state index contributed by atoms with van der Waals surface area (Å²) in [6, 6.07) is 0. The van der Waals surface area contributed by atoms with Crippen LogP contribution in [0.3, 0.4) is 0 Å². The Labute approximate surface area is 151 Å². The van der Waals surface area contributed by atoms with Crippen LogP contribution in [0.4, 0.5) is 0 Å². The third-order valence-corrected chi connectivity index (χ3v) is 5.13. The number of carbonyl (C=O) groups excluding carboxylic acids is 3. The van der Waals surface area contributed by atoms with E-state index in [1.54, 1.807) is 6.92 Å². The van der Waals surface area contributed by atoms with Crippen molar-refractivity contribution in [2.75, 3.05) is 39.3 Å². The standard InChI is InChI=1S/C19H33N3O3/c1-15(23)20-10-6-16(7-11-20)18(25)22-9-5-8-21(12-13-22)17(24)14-19(2,3)4/h16H,5-14H2,1-4H3. The molecule has 0 radical (unpaired) electrons. The van der Waals surface area contributed by atoms with E-state index in [1.165, 1.54) is 0 Å². The molecule has 0 unspecified atom stereocenters. The van der Waals surface area contributed by atoms with Gasteiger partial charge < -0.3 is 14.7 Å². The third-order valence-electron chi connectivity index (χ3n) is 5.13. The molecule has 0 aromatic rings. The molecule has 0 bridgehead atoms. The van der Waals surface area contributed by atoms with Crippen LogP contribution < -0.4 is 0 Å². The van der Waals surface area contributed by atoms with E-state index >= 15 is 0 Å². The molecule has 0 atom stereocenters. The molecule has 2 heterocycles. The first kappa shape index (κ1) is 19.7. The molecule has 2 saturated heterocycles. The van der Waals surface area contributed by atoms with Crippen molar-refractivity contribution in [2.24, 2.45) is 11.3 Å². The average molecular weight is 351 g/mol. The molecular formula is C19H33N3O3. The summed E-state index contributed by atoms with van der Waals surface area (Å²) < 4.78 is 0. The van der Waals surface area contributed by atoms with Crippen LogP contribution in [0.15, 0.2) is 0 Å². The number of hydrogen-bond donors (Lipinski definition) is 0. The molecule has 0 spiro atoms. The summed E-state index contributed by atoms with van der Waals surface area (Å²) in [6.07, 6.45) is 2.89. The fourth-order valence-corrected chi connectivity index (χ4v) is 3.65. The van der Waals surface area contributed by atoms with E-state index in [4.69, 9.17) is 0 Å². The van der Waals surface area contributed by atoms with Gasteiger partial charge in [0, 0.05) is 58.5 Å². The van der Waals surface area contributed by atoms with E-state index in [2.05, 4.69) is 20.8 Å². The van der Waals surface area contributed by atoms with E-state index in [0.29, 0.717) is 32.6 Å². The smallest absolute Gasteiger partial charge is 0.225 e. The zero-order chi connectivity index (χ0) is 18.6. The maximum atomic E-state index is 12.8. The number of nitrogens with zero attached hydrogens (tertiary/aromatic N) is 3. The molecule has 0 N–H and O–H groups in total. The van der Waals surface area contributed by atoms with Crippen LogP contribution in [0, 0.1) is 11.3 Å². The predicted octanol–water partition coefficient (Wildman–Crippen LogP) is 1.74. The van der Waals surface area contributed by atoms with Gasteiger partial charge in [-0.15, -0.1) is 0 Å². The van der Waals surface area contributed by atoms with E-state index in [9.17, 15) is 14.4 Å². The fraction of sp³-hybridized carbons (Fsp3) is 0.842. The summed E-state index contributed by atoms with van der Waals surface area (Å²) in [4.78, 5) is 42.3. The first-order chi connectivity index (χ1) is 11.7. The minimum atomic E-state index is -0.0103. The highest BCUT2D eigenvalue weighted by atomic mass is 16.2. The number of rotatable bonds is 2. The van der Waals surface area contributed by atoms with Crippen molar-refractivity contribution in [1.29, 1.82) is 0 Å². The maximum Gasteiger partial charge on any atom is 0.225 e. The Balaban J connectivity index is 1.85. The Bertz CT molecular complexity index is 505. The van der Waals surface area contributed by atoms with Gasteiger partial charge in [-0.1, -0.05) is 20.8 Å². The molecule has 2 fully saturated rings. The van der Waals surface area contributed by atoms with Crippen molar-refractivity contribution >= 4 is 17.7 Å². The van der Waals surface area contributed by atoms with Gasteiger partial charge in [-0.2, -0.15) is 0 Å². The monoisotopic (exact) mass is 351 g/mol. The lowest BCUT2D eigenvalue weighted by molar-refractivity contribution is -0.140. The zero-order valence-corrected chi connectivity index (χ0v) is 16.2. The molecule has 2 rings (SSSR count). The SMILES string of the molecule is CC(=O)N1CCC(C(=O)N2CCCN(C(=O)CC(C)(C)C)CC2)CC1. The van der Waals surface area contributed by atoms with Gasteiger partial charge in [0.05, 0.1) is 0 Å². The van der Waals surface area contributed by atoms with Gasteiger partial charge in [-0.25, -0.2) is 0 Å². The minimum Gasteiger partial charge on any atom is -0.343 e. The molecule has 6 nitrogen and oxygen atoms in total. The van der Waals surface area contributed by atoms with Crippen LogP contribution in [-0.4, -0.2) is 71.7 Å². The van der Waals surface area contributed by atoms with Crippen LogP contribution in [0.25, 0.3) is 0 Å². The summed E-state index contributed by atoms with van der Waals surface area (Å²) >= 11 is 0. The molecule has 0 aromatic carbocycles. The van der Waals surface area contributed by atoms with Crippen molar-refractivity contribution in [3.05, 3.63) is 0 Å². The molecule has 0 aromatic heterocycles. The van der Waals surface area contributed by atoms with E-state index in [-0.39, 0.29) is 29.1 Å². The lowest BCUT2D eigenvalue weighted by Crippen LogP contribution is -2.45. The number of carbonyl (C=O) groups is 3. The molecule has 3 amide bonds. The quantitative estimate of drug-likeness (QED) is 0.761. The summed E-state index contributed by atoms with van der Waals surface area (Å²) in [5.74, 6) is 0.506. The highest BCUT2D eigenvalue weighted by Gasteiger charge is 2.31. The maximum absolute atomic E-state index is 12.8. The van der Waals surface area contributed by atoms with E-state index in [0.717, 1.165) is 32.4 Å². The normalized spacial score (nSPS) is 20.4. The second kappa shape index (κ2) is 8.19. The molecule has 0 aliphatic carbocycles. The van der Waals surface area contributed by atoms with Crippen LogP contribution >= 0.6 is 0 Å². The van der Waals surface area contributed by atoms with Crippen molar-refractivity contribution in [3.63, 3.8) is 0 Å². The Morgan fingerprint density at radius 2 is 1.40 bits per heavy atom. The topological polar surface area (TPSA) is 60.9 Å². The lowest BCUT2D eigenvalue weighted by atomic mass is 9.91. The Morgan fingerprint density at radius 1 is 0.840 bits per heavy atom. The Hall–Kier alpha value is -1.59. The van der Waals surface area contributed by atoms with Crippen molar-refractivity contribution in [1.82, 2.24) is 14.7 Å². The number of amides is 3. The van der Waals surface area contributed by atoms with Crippen molar-refractivity contribution in [2.45, 2.75) is 53.4 Å². The highest BCUT2D eigenvalue weighted by molar-refractivity contribution is 5.80. The van der Waals surface area contributed by atoms with Crippen molar-refractivity contribution in [3.8, 4) is 0 Å². The molecular weight excluding hydrogens is 318 g/mol. The van der Waals surface area contributed by atoms with Crippen molar-refractivity contribution < 1.29 is 14.4 Å². The van der Waals surface area contributed by atoms with Gasteiger partial charge in [-0.05, 0) is 24.7 Å². The number of likely N-dealkylation sites (tertiary alicyclic amines) is 1. The first-order valence-corrected chi connectivity index (χ1v) is 9.49.